The van der Waals surface area contributed by atoms with Crippen LogP contribution in [-0.4, -0.2) is 13.0 Å². The third-order valence-electron chi connectivity index (χ3n) is 1.72. The standard InChI is InChI=1S/C9H9BrFNO/c1-5-3-8(11)6(4-7(5)10)9(13)12-2/h3-4H,1-2H3,(H,12,13). The number of rotatable bonds is 1. The highest BCUT2D eigenvalue weighted by Crippen LogP contribution is 2.20. The van der Waals surface area contributed by atoms with Crippen LogP contribution >= 0.6 is 15.9 Å². The zero-order valence-electron chi connectivity index (χ0n) is 7.32. The highest BCUT2D eigenvalue weighted by Gasteiger charge is 2.11. The maximum Gasteiger partial charge on any atom is 0.254 e. The van der Waals surface area contributed by atoms with E-state index >= 15 is 0 Å². The average Bonchev–Trinajstić information content (AvgIpc) is 2.10. The molecule has 1 rings (SSSR count). The minimum absolute atomic E-state index is 0.0555. The van der Waals surface area contributed by atoms with Crippen LogP contribution in [0.15, 0.2) is 16.6 Å². The highest BCUT2D eigenvalue weighted by molar-refractivity contribution is 9.10. The van der Waals surface area contributed by atoms with Gasteiger partial charge in [-0.25, -0.2) is 4.39 Å². The van der Waals surface area contributed by atoms with Gasteiger partial charge in [-0.15, -0.1) is 0 Å². The summed E-state index contributed by atoms with van der Waals surface area (Å²) in [6.07, 6.45) is 0. The predicted octanol–water partition coefficient (Wildman–Crippen LogP) is 2.26. The van der Waals surface area contributed by atoms with Gasteiger partial charge in [-0.2, -0.15) is 0 Å². The molecule has 0 aliphatic heterocycles. The Kier molecular flexibility index (Phi) is 3.03. The number of halogens is 2. The maximum absolute atomic E-state index is 13.2. The van der Waals surface area contributed by atoms with Crippen molar-refractivity contribution in [3.05, 3.63) is 33.5 Å². The fourth-order valence-corrected chi connectivity index (χ4v) is 1.30. The molecule has 0 unspecified atom stereocenters. The number of aryl methyl sites for hydroxylation is 1. The summed E-state index contributed by atoms with van der Waals surface area (Å²) < 4.78 is 13.9. The molecule has 0 bridgehead atoms. The number of amides is 1. The Balaban J connectivity index is 3.23. The maximum atomic E-state index is 13.2. The Morgan fingerprint density at radius 1 is 1.54 bits per heavy atom. The quantitative estimate of drug-likeness (QED) is 0.809. The Morgan fingerprint density at radius 2 is 2.15 bits per heavy atom. The van der Waals surface area contributed by atoms with Crippen LogP contribution in [0.1, 0.15) is 15.9 Å². The van der Waals surface area contributed by atoms with Crippen LogP contribution in [0.5, 0.6) is 0 Å². The van der Waals surface area contributed by atoms with E-state index in [1.54, 1.807) is 6.92 Å². The van der Waals surface area contributed by atoms with Gasteiger partial charge < -0.3 is 5.32 Å². The second-order valence-corrected chi connectivity index (χ2v) is 3.51. The van der Waals surface area contributed by atoms with E-state index in [2.05, 4.69) is 21.2 Å². The molecule has 1 aromatic rings. The van der Waals surface area contributed by atoms with Gasteiger partial charge >= 0.3 is 0 Å². The molecule has 1 amide bonds. The molecule has 0 spiro atoms. The molecule has 0 aliphatic rings. The van der Waals surface area contributed by atoms with Gasteiger partial charge in [0, 0.05) is 11.5 Å². The zero-order valence-corrected chi connectivity index (χ0v) is 8.90. The average molecular weight is 246 g/mol. The summed E-state index contributed by atoms with van der Waals surface area (Å²) in [6, 6.07) is 2.80. The smallest absolute Gasteiger partial charge is 0.254 e. The molecule has 4 heteroatoms. The summed E-state index contributed by atoms with van der Waals surface area (Å²) >= 11 is 3.23. The summed E-state index contributed by atoms with van der Waals surface area (Å²) in [5.74, 6) is -0.918. The third kappa shape index (κ3) is 2.06. The molecule has 70 valence electrons. The van der Waals surface area contributed by atoms with Gasteiger partial charge in [0.1, 0.15) is 5.82 Å². The molecular weight excluding hydrogens is 237 g/mol. The normalized spacial score (nSPS) is 9.85. The number of carbonyl (C=O) groups excluding carboxylic acids is 1. The van der Waals surface area contributed by atoms with Gasteiger partial charge in [0.05, 0.1) is 5.56 Å². The van der Waals surface area contributed by atoms with Gasteiger partial charge in [0.25, 0.3) is 5.91 Å². The fourth-order valence-electron chi connectivity index (χ4n) is 0.955. The SMILES string of the molecule is CNC(=O)c1cc(Br)c(C)cc1F. The van der Waals surface area contributed by atoms with E-state index < -0.39 is 11.7 Å². The fraction of sp³-hybridized carbons (Fsp3) is 0.222. The van der Waals surface area contributed by atoms with Crippen LogP contribution in [0, 0.1) is 12.7 Å². The van der Waals surface area contributed by atoms with Gasteiger partial charge in [0.15, 0.2) is 0 Å². The Labute approximate surface area is 84.3 Å². The van der Waals surface area contributed by atoms with Crippen LogP contribution < -0.4 is 5.32 Å². The first kappa shape index (κ1) is 10.2. The molecule has 0 saturated carbocycles. The first-order valence-electron chi connectivity index (χ1n) is 3.74. The molecule has 0 atom stereocenters. The van der Waals surface area contributed by atoms with Crippen LogP contribution in [0.25, 0.3) is 0 Å². The molecular formula is C9H9BrFNO. The second-order valence-electron chi connectivity index (χ2n) is 2.66. The molecule has 13 heavy (non-hydrogen) atoms. The van der Waals surface area contributed by atoms with Crippen molar-refractivity contribution in [1.29, 1.82) is 0 Å². The molecule has 1 N–H and O–H groups in total. The van der Waals surface area contributed by atoms with Crippen molar-refractivity contribution in [1.82, 2.24) is 5.32 Å². The summed E-state index contributed by atoms with van der Waals surface area (Å²) in [5.41, 5.74) is 0.824. The summed E-state index contributed by atoms with van der Waals surface area (Å²) in [5, 5.41) is 2.37. The first-order valence-corrected chi connectivity index (χ1v) is 4.53. The van der Waals surface area contributed by atoms with E-state index in [-0.39, 0.29) is 5.56 Å². The monoisotopic (exact) mass is 245 g/mol. The van der Waals surface area contributed by atoms with Crippen molar-refractivity contribution in [2.75, 3.05) is 7.05 Å². The molecule has 1 aromatic carbocycles. The molecule has 0 aromatic heterocycles. The first-order chi connectivity index (χ1) is 6.06. The van der Waals surface area contributed by atoms with E-state index in [1.165, 1.54) is 19.2 Å². The number of benzene rings is 1. The van der Waals surface area contributed by atoms with Gasteiger partial charge in [0.2, 0.25) is 0 Å². The van der Waals surface area contributed by atoms with Crippen LogP contribution in [0.2, 0.25) is 0 Å². The van der Waals surface area contributed by atoms with Crippen molar-refractivity contribution in [3.63, 3.8) is 0 Å². The van der Waals surface area contributed by atoms with E-state index in [9.17, 15) is 9.18 Å². The van der Waals surface area contributed by atoms with Crippen molar-refractivity contribution in [3.8, 4) is 0 Å². The van der Waals surface area contributed by atoms with Gasteiger partial charge in [-0.1, -0.05) is 15.9 Å². The number of nitrogens with one attached hydrogen (secondary N) is 1. The van der Waals surface area contributed by atoms with Gasteiger partial charge in [-0.05, 0) is 24.6 Å². The minimum atomic E-state index is -0.500. The van der Waals surface area contributed by atoms with Crippen LogP contribution in [0.3, 0.4) is 0 Å². The van der Waals surface area contributed by atoms with Gasteiger partial charge in [-0.3, -0.25) is 4.79 Å². The topological polar surface area (TPSA) is 29.1 Å². The number of hydrogen-bond acceptors (Lipinski definition) is 1. The van der Waals surface area contributed by atoms with Crippen molar-refractivity contribution >= 4 is 21.8 Å². The molecule has 0 fully saturated rings. The van der Waals surface area contributed by atoms with E-state index in [1.807, 2.05) is 0 Å². The molecule has 0 heterocycles. The summed E-state index contributed by atoms with van der Waals surface area (Å²) in [6.45, 7) is 1.76. The lowest BCUT2D eigenvalue weighted by molar-refractivity contribution is 0.0959. The zero-order chi connectivity index (χ0) is 10.0. The Morgan fingerprint density at radius 3 is 2.69 bits per heavy atom. The number of hydrogen-bond donors (Lipinski definition) is 1. The largest absolute Gasteiger partial charge is 0.355 e. The van der Waals surface area contributed by atoms with Crippen LogP contribution in [0.4, 0.5) is 4.39 Å². The molecule has 0 saturated heterocycles. The number of carbonyl (C=O) groups is 1. The van der Waals surface area contributed by atoms with E-state index in [0.29, 0.717) is 0 Å². The predicted molar refractivity (Wildman–Crippen MR) is 52.2 cm³/mol. The van der Waals surface area contributed by atoms with Crippen molar-refractivity contribution in [2.45, 2.75) is 6.92 Å². The Bertz CT molecular complexity index is 352. The summed E-state index contributed by atoms with van der Waals surface area (Å²) in [7, 11) is 1.47. The van der Waals surface area contributed by atoms with E-state index in [4.69, 9.17) is 0 Å². The minimum Gasteiger partial charge on any atom is -0.355 e. The van der Waals surface area contributed by atoms with Crippen molar-refractivity contribution in [2.24, 2.45) is 0 Å². The lowest BCUT2D eigenvalue weighted by Gasteiger charge is -2.04. The lowest BCUT2D eigenvalue weighted by Crippen LogP contribution is -2.19. The molecule has 2 nitrogen and oxygen atoms in total. The summed E-state index contributed by atoms with van der Waals surface area (Å²) in [4.78, 5) is 11.1. The highest BCUT2D eigenvalue weighted by atomic mass is 79.9. The second kappa shape index (κ2) is 3.87. The van der Waals surface area contributed by atoms with E-state index in [0.717, 1.165) is 10.0 Å². The third-order valence-corrected chi connectivity index (χ3v) is 2.57. The Hall–Kier alpha value is -0.900. The lowest BCUT2D eigenvalue weighted by atomic mass is 10.1. The van der Waals surface area contributed by atoms with Crippen LogP contribution in [-0.2, 0) is 0 Å². The molecule has 0 aliphatic carbocycles. The van der Waals surface area contributed by atoms with Crippen molar-refractivity contribution < 1.29 is 9.18 Å². The molecule has 0 radical (unpaired) electrons.